The second-order valence-corrected chi connectivity index (χ2v) is 8.58. The Bertz CT molecular complexity index is 687. The Hall–Kier alpha value is -1.15. The molecule has 1 aromatic rings. The van der Waals surface area contributed by atoms with Crippen LogP contribution < -0.4 is 4.74 Å². The summed E-state index contributed by atoms with van der Waals surface area (Å²) in [6, 6.07) is 5.07. The van der Waals surface area contributed by atoms with Crippen molar-refractivity contribution in [2.45, 2.75) is 50.2 Å². The standard InChI is InChI=1S/C18H27NO5S/c1-3-11-22-17-6-5-16(14-15(17)2)25(20,21)19-9-7-18(8-10-19)23-12-4-13-24-18/h5-6,14H,3-4,7-13H2,1-2H3. The van der Waals surface area contributed by atoms with E-state index in [2.05, 4.69) is 0 Å². The Labute approximate surface area is 150 Å². The van der Waals surface area contributed by atoms with E-state index in [9.17, 15) is 8.42 Å². The number of aryl methyl sites for hydroxylation is 1. The molecule has 25 heavy (non-hydrogen) atoms. The number of benzene rings is 1. The molecule has 140 valence electrons. The van der Waals surface area contributed by atoms with Crippen LogP contribution in [0.2, 0.25) is 0 Å². The molecule has 2 aliphatic heterocycles. The van der Waals surface area contributed by atoms with Crippen LogP contribution in [-0.4, -0.2) is 51.4 Å². The van der Waals surface area contributed by atoms with Crippen molar-refractivity contribution in [1.29, 1.82) is 0 Å². The third-order valence-corrected chi connectivity index (χ3v) is 6.64. The topological polar surface area (TPSA) is 65.1 Å². The lowest BCUT2D eigenvalue weighted by Crippen LogP contribution is -2.51. The highest BCUT2D eigenvalue weighted by atomic mass is 32.2. The van der Waals surface area contributed by atoms with E-state index in [0.29, 0.717) is 50.6 Å². The van der Waals surface area contributed by atoms with Crippen LogP contribution in [0.25, 0.3) is 0 Å². The van der Waals surface area contributed by atoms with Crippen LogP contribution in [0.3, 0.4) is 0 Å². The summed E-state index contributed by atoms with van der Waals surface area (Å²) in [6.07, 6.45) is 2.96. The first-order chi connectivity index (χ1) is 12.0. The first-order valence-electron chi connectivity index (χ1n) is 8.98. The Kier molecular flexibility index (Phi) is 5.68. The van der Waals surface area contributed by atoms with E-state index < -0.39 is 15.8 Å². The zero-order valence-electron chi connectivity index (χ0n) is 15.0. The van der Waals surface area contributed by atoms with Gasteiger partial charge in [-0.1, -0.05) is 6.92 Å². The fraction of sp³-hybridized carbons (Fsp3) is 0.667. The highest BCUT2D eigenvalue weighted by molar-refractivity contribution is 7.89. The van der Waals surface area contributed by atoms with Gasteiger partial charge in [0, 0.05) is 25.9 Å². The molecule has 6 nitrogen and oxygen atoms in total. The predicted octanol–water partition coefficient (Wildman–Crippen LogP) is 2.70. The molecule has 2 heterocycles. The summed E-state index contributed by atoms with van der Waals surface area (Å²) in [4.78, 5) is 0.315. The van der Waals surface area contributed by atoms with Gasteiger partial charge >= 0.3 is 0 Å². The van der Waals surface area contributed by atoms with Crippen LogP contribution in [0.15, 0.2) is 23.1 Å². The van der Waals surface area contributed by atoms with Gasteiger partial charge in [0.1, 0.15) is 5.75 Å². The predicted molar refractivity (Wildman–Crippen MR) is 94.2 cm³/mol. The average molecular weight is 369 g/mol. The number of nitrogens with zero attached hydrogens (tertiary/aromatic N) is 1. The van der Waals surface area contributed by atoms with E-state index in [1.54, 1.807) is 18.2 Å². The third kappa shape index (κ3) is 4.00. The molecule has 0 N–H and O–H groups in total. The van der Waals surface area contributed by atoms with Crippen LogP contribution in [-0.2, 0) is 19.5 Å². The molecule has 0 aromatic heterocycles. The van der Waals surface area contributed by atoms with E-state index >= 15 is 0 Å². The Morgan fingerprint density at radius 2 is 1.88 bits per heavy atom. The van der Waals surface area contributed by atoms with Crippen molar-refractivity contribution >= 4 is 10.0 Å². The van der Waals surface area contributed by atoms with Gasteiger partial charge in [-0.3, -0.25) is 0 Å². The van der Waals surface area contributed by atoms with Crippen molar-refractivity contribution in [3.8, 4) is 5.75 Å². The summed E-state index contributed by atoms with van der Waals surface area (Å²) in [5.41, 5.74) is 0.835. The summed E-state index contributed by atoms with van der Waals surface area (Å²) in [6.45, 7) is 6.73. The van der Waals surface area contributed by atoms with Gasteiger partial charge in [0.05, 0.1) is 24.7 Å². The zero-order chi connectivity index (χ0) is 17.9. The number of rotatable bonds is 5. The second kappa shape index (κ2) is 7.61. The zero-order valence-corrected chi connectivity index (χ0v) is 15.8. The lowest BCUT2D eigenvalue weighted by atomic mass is 10.0. The quantitative estimate of drug-likeness (QED) is 0.798. The minimum atomic E-state index is -3.51. The van der Waals surface area contributed by atoms with E-state index in [4.69, 9.17) is 14.2 Å². The maximum absolute atomic E-state index is 12.9. The van der Waals surface area contributed by atoms with Crippen LogP contribution in [0.5, 0.6) is 5.75 Å². The molecule has 3 rings (SSSR count). The minimum Gasteiger partial charge on any atom is -0.493 e. The van der Waals surface area contributed by atoms with E-state index in [0.717, 1.165) is 24.2 Å². The van der Waals surface area contributed by atoms with Crippen LogP contribution in [0.4, 0.5) is 0 Å². The molecule has 0 saturated carbocycles. The van der Waals surface area contributed by atoms with Crippen molar-refractivity contribution < 1.29 is 22.6 Å². The molecule has 2 saturated heterocycles. The highest BCUT2D eigenvalue weighted by Gasteiger charge is 2.41. The maximum atomic E-state index is 12.9. The van der Waals surface area contributed by atoms with Gasteiger partial charge in [-0.15, -0.1) is 0 Å². The van der Waals surface area contributed by atoms with Crippen molar-refractivity contribution in [3.63, 3.8) is 0 Å². The molecule has 0 amide bonds. The van der Waals surface area contributed by atoms with Crippen LogP contribution in [0, 0.1) is 6.92 Å². The molecule has 2 fully saturated rings. The fourth-order valence-electron chi connectivity index (χ4n) is 3.28. The van der Waals surface area contributed by atoms with Gasteiger partial charge in [-0.2, -0.15) is 4.31 Å². The molecule has 1 spiro atoms. The van der Waals surface area contributed by atoms with Crippen LogP contribution in [0.1, 0.15) is 38.2 Å². The monoisotopic (exact) mass is 369 g/mol. The molecule has 0 radical (unpaired) electrons. The lowest BCUT2D eigenvalue weighted by Gasteiger charge is -2.42. The summed E-state index contributed by atoms with van der Waals surface area (Å²) in [5, 5.41) is 0. The third-order valence-electron chi connectivity index (χ3n) is 4.75. The summed E-state index contributed by atoms with van der Waals surface area (Å²) in [5.74, 6) is 0.153. The second-order valence-electron chi connectivity index (χ2n) is 6.64. The largest absolute Gasteiger partial charge is 0.493 e. The molecule has 0 bridgehead atoms. The van der Waals surface area contributed by atoms with E-state index in [1.807, 2.05) is 13.8 Å². The SMILES string of the molecule is CCCOc1ccc(S(=O)(=O)N2CCC3(CC2)OCCCO3)cc1C. The molecule has 0 atom stereocenters. The summed E-state index contributed by atoms with van der Waals surface area (Å²) in [7, 11) is -3.51. The number of sulfonamides is 1. The van der Waals surface area contributed by atoms with Gasteiger partial charge < -0.3 is 14.2 Å². The Balaban J connectivity index is 1.70. The van der Waals surface area contributed by atoms with Crippen molar-refractivity contribution in [2.75, 3.05) is 32.9 Å². The Morgan fingerprint density at radius 1 is 1.20 bits per heavy atom. The van der Waals surface area contributed by atoms with E-state index in [1.165, 1.54) is 4.31 Å². The van der Waals surface area contributed by atoms with Gasteiger partial charge in [-0.25, -0.2) is 8.42 Å². The molecule has 7 heteroatoms. The highest BCUT2D eigenvalue weighted by Crippen LogP contribution is 2.33. The lowest BCUT2D eigenvalue weighted by molar-refractivity contribution is -0.280. The minimum absolute atomic E-state index is 0.315. The van der Waals surface area contributed by atoms with Gasteiger partial charge in [0.15, 0.2) is 5.79 Å². The van der Waals surface area contributed by atoms with Crippen molar-refractivity contribution in [3.05, 3.63) is 23.8 Å². The molecule has 2 aliphatic rings. The molecular formula is C18H27NO5S. The first kappa shape index (κ1) is 18.6. The maximum Gasteiger partial charge on any atom is 0.243 e. The average Bonchev–Trinajstić information content (AvgIpc) is 2.62. The number of hydrogen-bond acceptors (Lipinski definition) is 5. The number of ether oxygens (including phenoxy) is 3. The van der Waals surface area contributed by atoms with Crippen molar-refractivity contribution in [1.82, 2.24) is 4.31 Å². The fourth-order valence-corrected chi connectivity index (χ4v) is 4.81. The van der Waals surface area contributed by atoms with Gasteiger partial charge in [0.2, 0.25) is 10.0 Å². The first-order valence-corrected chi connectivity index (χ1v) is 10.4. The van der Waals surface area contributed by atoms with Crippen LogP contribution >= 0.6 is 0 Å². The smallest absolute Gasteiger partial charge is 0.243 e. The van der Waals surface area contributed by atoms with Gasteiger partial charge in [0.25, 0.3) is 0 Å². The number of hydrogen-bond donors (Lipinski definition) is 0. The summed E-state index contributed by atoms with van der Waals surface area (Å²) >= 11 is 0. The molecule has 1 aromatic carbocycles. The summed E-state index contributed by atoms with van der Waals surface area (Å²) < 4.78 is 44.6. The van der Waals surface area contributed by atoms with E-state index in [-0.39, 0.29) is 0 Å². The normalized spacial score (nSPS) is 21.4. The van der Waals surface area contributed by atoms with Gasteiger partial charge in [-0.05, 0) is 43.5 Å². The molecular weight excluding hydrogens is 342 g/mol. The Morgan fingerprint density at radius 3 is 2.48 bits per heavy atom. The number of piperidine rings is 1. The van der Waals surface area contributed by atoms with Crippen molar-refractivity contribution in [2.24, 2.45) is 0 Å². The molecule has 0 aliphatic carbocycles. The molecule has 0 unspecified atom stereocenters.